The van der Waals surface area contributed by atoms with E-state index in [1.165, 1.54) is 32.5 Å². The number of carbonyl (C=O) groups excluding carboxylic acids is 4. The van der Waals surface area contributed by atoms with E-state index in [4.69, 9.17) is 0 Å². The number of thiophene rings is 2. The van der Waals surface area contributed by atoms with Gasteiger partial charge in [0.2, 0.25) is 23.6 Å². The van der Waals surface area contributed by atoms with E-state index in [9.17, 15) is 19.2 Å². The van der Waals surface area contributed by atoms with E-state index < -0.39 is 36.0 Å². The Bertz CT molecular complexity index is 1030. The first kappa shape index (κ1) is 20.2. The lowest BCUT2D eigenvalue weighted by atomic mass is 9.88. The van der Waals surface area contributed by atoms with Crippen LogP contribution in [-0.2, 0) is 19.2 Å². The Morgan fingerprint density at radius 3 is 1.38 bits per heavy atom. The molecule has 6 rings (SSSR count). The molecule has 4 aliphatic rings. The number of hydrogen-bond donors (Lipinski definition) is 0. The Morgan fingerprint density at radius 2 is 1.06 bits per heavy atom. The van der Waals surface area contributed by atoms with Crippen LogP contribution in [0.5, 0.6) is 0 Å². The van der Waals surface area contributed by atoms with Gasteiger partial charge in [-0.2, -0.15) is 0 Å². The molecule has 0 radical (unpaired) electrons. The first-order valence-electron chi connectivity index (χ1n) is 10.8. The molecule has 0 aliphatic carbocycles. The normalized spacial score (nSPS) is 34.7. The van der Waals surface area contributed by atoms with E-state index in [1.54, 1.807) is 13.8 Å². The van der Waals surface area contributed by atoms with Crippen LogP contribution in [0.4, 0.5) is 0 Å². The number of likely N-dealkylation sites (N-methyl/N-ethyl adjacent to an activating group) is 2. The molecule has 2 aromatic rings. The van der Waals surface area contributed by atoms with Crippen molar-refractivity contribution in [3.05, 3.63) is 44.8 Å². The molecule has 10 heteroatoms. The van der Waals surface area contributed by atoms with Gasteiger partial charge in [0, 0.05) is 22.8 Å². The second-order valence-corrected chi connectivity index (χ2v) is 10.4. The Morgan fingerprint density at radius 1 is 0.656 bits per heavy atom. The molecule has 2 aromatic heterocycles. The maximum Gasteiger partial charge on any atom is 0.248 e. The maximum absolute atomic E-state index is 13.5. The van der Waals surface area contributed by atoms with Gasteiger partial charge in [-0.05, 0) is 36.7 Å². The summed E-state index contributed by atoms with van der Waals surface area (Å²) < 4.78 is 0. The minimum atomic E-state index is -0.706. The second-order valence-electron chi connectivity index (χ2n) is 8.46. The van der Waals surface area contributed by atoms with Crippen molar-refractivity contribution < 1.29 is 19.2 Å². The van der Waals surface area contributed by atoms with Crippen LogP contribution < -0.4 is 0 Å². The van der Waals surface area contributed by atoms with Gasteiger partial charge in [0.25, 0.3) is 0 Å². The molecule has 0 bridgehead atoms. The Balaban J connectivity index is 1.57. The molecule has 8 nitrogen and oxygen atoms in total. The molecular formula is C22H22N4O4S2. The number of likely N-dealkylation sites (tertiary alicyclic amines) is 2. The topological polar surface area (TPSA) is 81.2 Å². The van der Waals surface area contributed by atoms with Gasteiger partial charge in [-0.3, -0.25) is 29.0 Å². The average molecular weight is 471 g/mol. The van der Waals surface area contributed by atoms with Crippen LogP contribution in [0.15, 0.2) is 35.0 Å². The zero-order valence-electron chi connectivity index (χ0n) is 17.6. The summed E-state index contributed by atoms with van der Waals surface area (Å²) in [6, 6.07) is 5.44. The SMILES string of the molecule is CCN1C(=O)[C@@H]2[C@@H](C1=O)N1[C@H](c3cccs3)[C@@H]3C(=O)N(CC)C(=O)[C@@H]3N1[C@@H]2c1cccs1. The van der Waals surface area contributed by atoms with E-state index in [1.807, 2.05) is 45.0 Å². The van der Waals surface area contributed by atoms with Crippen molar-refractivity contribution in [2.75, 3.05) is 13.1 Å². The summed E-state index contributed by atoms with van der Waals surface area (Å²) in [5, 5.41) is 7.73. The number of rotatable bonds is 4. The van der Waals surface area contributed by atoms with Crippen LogP contribution in [0.25, 0.3) is 0 Å². The van der Waals surface area contributed by atoms with Crippen molar-refractivity contribution in [1.82, 2.24) is 19.8 Å². The highest BCUT2D eigenvalue weighted by Crippen LogP contribution is 2.59. The van der Waals surface area contributed by atoms with Crippen LogP contribution in [0, 0.1) is 11.8 Å². The molecule has 6 atom stereocenters. The first-order valence-corrected chi connectivity index (χ1v) is 12.6. The van der Waals surface area contributed by atoms with E-state index in [2.05, 4.69) is 0 Å². The quantitative estimate of drug-likeness (QED) is 0.635. The van der Waals surface area contributed by atoms with Crippen LogP contribution in [-0.4, -0.2) is 68.6 Å². The Kier molecular flexibility index (Phi) is 4.45. The number of fused-ring (bicyclic) bond motifs is 5. The van der Waals surface area contributed by atoms with Gasteiger partial charge in [0.15, 0.2) is 0 Å². The number of nitrogens with zero attached hydrogens (tertiary/aromatic N) is 4. The number of imide groups is 2. The van der Waals surface area contributed by atoms with Gasteiger partial charge in [0.05, 0.1) is 23.9 Å². The van der Waals surface area contributed by atoms with Crippen molar-refractivity contribution >= 4 is 46.3 Å². The van der Waals surface area contributed by atoms with Crippen molar-refractivity contribution in [2.24, 2.45) is 11.8 Å². The Hall–Kier alpha value is -2.40. The zero-order chi connectivity index (χ0) is 22.3. The maximum atomic E-state index is 13.5. The van der Waals surface area contributed by atoms with E-state index in [0.29, 0.717) is 13.1 Å². The standard InChI is InChI=1S/C22H22N4O4S2/c1-3-23-19(27)13-15(11-7-5-9-31-11)26-18-14(20(28)24(4-2)22(18)30)16(12-8-6-10-32-12)25(26)17(13)21(23)29/h5-10,13-18H,3-4H2,1-2H3/t13-,14-,15+,16+,17-,18+/m0/s1. The highest BCUT2D eigenvalue weighted by molar-refractivity contribution is 7.10. The molecule has 32 heavy (non-hydrogen) atoms. The summed E-state index contributed by atoms with van der Waals surface area (Å²) in [7, 11) is 0. The molecular weight excluding hydrogens is 448 g/mol. The average Bonchev–Trinajstić information content (AvgIpc) is 3.58. The molecule has 0 N–H and O–H groups in total. The lowest BCUT2D eigenvalue weighted by Gasteiger charge is -2.34. The summed E-state index contributed by atoms with van der Waals surface area (Å²) in [6.45, 7) is 4.23. The summed E-state index contributed by atoms with van der Waals surface area (Å²) in [5.41, 5.74) is 0. The van der Waals surface area contributed by atoms with Crippen LogP contribution in [0.3, 0.4) is 0 Å². The second kappa shape index (κ2) is 7.05. The summed E-state index contributed by atoms with van der Waals surface area (Å²) in [4.78, 5) is 58.3. The molecule has 0 spiro atoms. The largest absolute Gasteiger partial charge is 0.281 e. The minimum absolute atomic E-state index is 0.194. The van der Waals surface area contributed by atoms with Gasteiger partial charge in [-0.1, -0.05) is 12.1 Å². The Labute approximate surface area is 193 Å². The van der Waals surface area contributed by atoms with Crippen LogP contribution in [0.1, 0.15) is 35.7 Å². The van der Waals surface area contributed by atoms with Crippen LogP contribution in [0.2, 0.25) is 0 Å². The molecule has 6 heterocycles. The lowest BCUT2D eigenvalue weighted by molar-refractivity contribution is -0.152. The molecule has 4 fully saturated rings. The minimum Gasteiger partial charge on any atom is -0.281 e. The number of carbonyl (C=O) groups is 4. The predicted octanol–water partition coefficient (Wildman–Crippen LogP) is 1.89. The van der Waals surface area contributed by atoms with E-state index in [-0.39, 0.29) is 23.6 Å². The summed E-state index contributed by atoms with van der Waals surface area (Å²) in [6.07, 6.45) is 0. The van der Waals surface area contributed by atoms with E-state index >= 15 is 0 Å². The van der Waals surface area contributed by atoms with Crippen molar-refractivity contribution in [3.63, 3.8) is 0 Å². The third-order valence-corrected chi connectivity index (χ3v) is 9.10. The van der Waals surface area contributed by atoms with Gasteiger partial charge in [0.1, 0.15) is 12.1 Å². The van der Waals surface area contributed by atoms with Gasteiger partial charge in [-0.15, -0.1) is 22.7 Å². The van der Waals surface area contributed by atoms with Crippen molar-refractivity contribution in [1.29, 1.82) is 0 Å². The molecule has 0 unspecified atom stereocenters. The van der Waals surface area contributed by atoms with Gasteiger partial charge < -0.3 is 0 Å². The monoisotopic (exact) mass is 470 g/mol. The highest BCUT2D eigenvalue weighted by atomic mass is 32.1. The van der Waals surface area contributed by atoms with Crippen molar-refractivity contribution in [2.45, 2.75) is 38.0 Å². The smallest absolute Gasteiger partial charge is 0.248 e. The number of amides is 4. The van der Waals surface area contributed by atoms with Gasteiger partial charge >= 0.3 is 0 Å². The lowest BCUT2D eigenvalue weighted by Crippen LogP contribution is -2.49. The molecule has 4 saturated heterocycles. The summed E-state index contributed by atoms with van der Waals surface area (Å²) in [5.74, 6) is -2.05. The predicted molar refractivity (Wildman–Crippen MR) is 117 cm³/mol. The number of hydrazine groups is 1. The van der Waals surface area contributed by atoms with Crippen LogP contribution >= 0.6 is 22.7 Å². The fraction of sp³-hybridized carbons (Fsp3) is 0.455. The molecule has 4 amide bonds. The molecule has 166 valence electrons. The van der Waals surface area contributed by atoms with Crippen molar-refractivity contribution in [3.8, 4) is 0 Å². The van der Waals surface area contributed by atoms with E-state index in [0.717, 1.165) is 9.75 Å². The molecule has 0 aromatic carbocycles. The fourth-order valence-corrected chi connectivity index (χ4v) is 7.78. The molecule has 0 saturated carbocycles. The third-order valence-electron chi connectivity index (χ3n) is 7.21. The molecule has 4 aliphatic heterocycles. The fourth-order valence-electron chi connectivity index (χ4n) is 6.05. The zero-order valence-corrected chi connectivity index (χ0v) is 19.2. The summed E-state index contributed by atoms with van der Waals surface area (Å²) >= 11 is 3.03. The third kappa shape index (κ3) is 2.33. The van der Waals surface area contributed by atoms with Gasteiger partial charge in [-0.25, -0.2) is 10.0 Å². The highest BCUT2D eigenvalue weighted by Gasteiger charge is 2.73. The first-order chi connectivity index (χ1) is 15.5. The number of hydrogen-bond acceptors (Lipinski definition) is 8.